The van der Waals surface area contributed by atoms with E-state index in [0.717, 1.165) is 0 Å². The third kappa shape index (κ3) is 5.22. The van der Waals surface area contributed by atoms with Crippen molar-refractivity contribution in [2.45, 2.75) is 13.8 Å². The highest BCUT2D eigenvalue weighted by atomic mass is 35.5. The molecule has 0 fully saturated rings. The van der Waals surface area contributed by atoms with Gasteiger partial charge in [0.15, 0.2) is 0 Å². The van der Waals surface area contributed by atoms with Gasteiger partial charge < -0.3 is 15.4 Å². The maximum atomic E-state index is 12.4. The minimum absolute atomic E-state index is 0.169. The van der Waals surface area contributed by atoms with Gasteiger partial charge in [0, 0.05) is 23.4 Å². The van der Waals surface area contributed by atoms with Gasteiger partial charge in [0.25, 0.3) is 11.8 Å². The molecule has 0 heterocycles. The van der Waals surface area contributed by atoms with Gasteiger partial charge >= 0.3 is 0 Å². The zero-order chi connectivity index (χ0) is 18.4. The van der Waals surface area contributed by atoms with Crippen LogP contribution in [0.25, 0.3) is 0 Å². The fourth-order valence-electron chi connectivity index (χ4n) is 2.15. The maximum Gasteiger partial charge on any atom is 0.255 e. The van der Waals surface area contributed by atoms with Crippen molar-refractivity contribution in [1.82, 2.24) is 5.32 Å². The van der Waals surface area contributed by atoms with E-state index in [-0.39, 0.29) is 11.8 Å². The average Bonchev–Trinajstić information content (AvgIpc) is 2.59. The van der Waals surface area contributed by atoms with E-state index in [1.807, 2.05) is 13.8 Å². The fourth-order valence-corrected chi connectivity index (χ4v) is 2.41. The average molecular weight is 361 g/mol. The number of carbonyl (C=O) groups excluding carboxylic acids is 2. The normalized spacial score (nSPS) is 10.4. The molecule has 0 atom stereocenters. The van der Waals surface area contributed by atoms with Crippen molar-refractivity contribution >= 4 is 29.1 Å². The zero-order valence-corrected chi connectivity index (χ0v) is 15.2. The summed E-state index contributed by atoms with van der Waals surface area (Å²) in [6.45, 7) is 4.65. The largest absolute Gasteiger partial charge is 0.495 e. The van der Waals surface area contributed by atoms with E-state index >= 15 is 0 Å². The molecule has 0 saturated heterocycles. The quantitative estimate of drug-likeness (QED) is 0.818. The van der Waals surface area contributed by atoms with Gasteiger partial charge in [-0.2, -0.15) is 0 Å². The van der Waals surface area contributed by atoms with E-state index in [0.29, 0.717) is 40.0 Å². The number of rotatable bonds is 6. The topological polar surface area (TPSA) is 67.4 Å². The van der Waals surface area contributed by atoms with Crippen molar-refractivity contribution in [2.75, 3.05) is 19.0 Å². The van der Waals surface area contributed by atoms with Crippen molar-refractivity contribution in [3.05, 3.63) is 58.6 Å². The zero-order valence-electron chi connectivity index (χ0n) is 14.4. The number of hydrogen-bond acceptors (Lipinski definition) is 3. The Morgan fingerprint density at radius 2 is 1.80 bits per heavy atom. The van der Waals surface area contributed by atoms with Gasteiger partial charge in [0.1, 0.15) is 5.75 Å². The van der Waals surface area contributed by atoms with Crippen LogP contribution in [0.2, 0.25) is 5.02 Å². The van der Waals surface area contributed by atoms with E-state index in [4.69, 9.17) is 16.3 Å². The molecular formula is C19H21ClN2O3. The standard InChI is InChI=1S/C19H21ClN2O3/c1-12(2)11-21-18(23)13-5-4-6-15(9-13)22-19(24)14-7-8-17(25-3)16(20)10-14/h4-10,12H,11H2,1-3H3,(H,21,23)(H,22,24). The van der Waals surface area contributed by atoms with Crippen LogP contribution in [0.1, 0.15) is 34.6 Å². The van der Waals surface area contributed by atoms with Gasteiger partial charge in [-0.3, -0.25) is 9.59 Å². The van der Waals surface area contributed by atoms with Crippen molar-refractivity contribution in [2.24, 2.45) is 5.92 Å². The predicted molar refractivity (Wildman–Crippen MR) is 99.6 cm³/mol. The monoisotopic (exact) mass is 360 g/mol. The Morgan fingerprint density at radius 3 is 2.44 bits per heavy atom. The van der Waals surface area contributed by atoms with Crippen LogP contribution in [-0.2, 0) is 0 Å². The van der Waals surface area contributed by atoms with Crippen molar-refractivity contribution < 1.29 is 14.3 Å². The lowest BCUT2D eigenvalue weighted by Crippen LogP contribution is -2.27. The first kappa shape index (κ1) is 18.8. The molecule has 2 amide bonds. The molecule has 25 heavy (non-hydrogen) atoms. The van der Waals surface area contributed by atoms with Crippen LogP contribution in [0, 0.1) is 5.92 Å². The lowest BCUT2D eigenvalue weighted by Gasteiger charge is -2.10. The highest BCUT2D eigenvalue weighted by Gasteiger charge is 2.11. The van der Waals surface area contributed by atoms with Crippen molar-refractivity contribution in [1.29, 1.82) is 0 Å². The minimum Gasteiger partial charge on any atom is -0.495 e. The first-order valence-electron chi connectivity index (χ1n) is 7.94. The number of ether oxygens (including phenoxy) is 1. The Kier molecular flexibility index (Phi) is 6.42. The highest BCUT2D eigenvalue weighted by Crippen LogP contribution is 2.25. The number of carbonyl (C=O) groups is 2. The molecule has 132 valence electrons. The summed E-state index contributed by atoms with van der Waals surface area (Å²) < 4.78 is 5.07. The van der Waals surface area contributed by atoms with Gasteiger partial charge in [-0.05, 0) is 42.3 Å². The van der Waals surface area contributed by atoms with E-state index in [1.54, 1.807) is 36.4 Å². The summed E-state index contributed by atoms with van der Waals surface area (Å²) >= 11 is 6.05. The summed E-state index contributed by atoms with van der Waals surface area (Å²) in [5, 5.41) is 5.97. The molecule has 2 aromatic carbocycles. The smallest absolute Gasteiger partial charge is 0.255 e. The summed E-state index contributed by atoms with van der Waals surface area (Å²) in [5.41, 5.74) is 1.43. The van der Waals surface area contributed by atoms with Gasteiger partial charge in [0.2, 0.25) is 0 Å². The number of hydrogen-bond donors (Lipinski definition) is 2. The van der Waals surface area contributed by atoms with Crippen molar-refractivity contribution in [3.63, 3.8) is 0 Å². The minimum atomic E-state index is -0.315. The SMILES string of the molecule is COc1ccc(C(=O)Nc2cccc(C(=O)NCC(C)C)c2)cc1Cl. The molecular weight excluding hydrogens is 340 g/mol. The molecule has 2 aromatic rings. The molecule has 5 nitrogen and oxygen atoms in total. The summed E-state index contributed by atoms with van der Waals surface area (Å²) in [6, 6.07) is 11.6. The second kappa shape index (κ2) is 8.53. The Balaban J connectivity index is 2.09. The molecule has 0 spiro atoms. The lowest BCUT2D eigenvalue weighted by atomic mass is 10.1. The molecule has 0 aliphatic heterocycles. The molecule has 0 radical (unpaired) electrons. The second-order valence-corrected chi connectivity index (χ2v) is 6.40. The van der Waals surface area contributed by atoms with E-state index < -0.39 is 0 Å². The van der Waals surface area contributed by atoms with E-state index in [1.165, 1.54) is 13.2 Å². The third-order valence-corrected chi connectivity index (χ3v) is 3.76. The van der Waals surface area contributed by atoms with Gasteiger partial charge in [-0.25, -0.2) is 0 Å². The molecule has 0 aliphatic rings. The molecule has 6 heteroatoms. The summed E-state index contributed by atoms with van der Waals surface area (Å²) in [5.74, 6) is 0.385. The Labute approximate surface area is 152 Å². The highest BCUT2D eigenvalue weighted by molar-refractivity contribution is 6.32. The number of benzene rings is 2. The molecule has 2 N–H and O–H groups in total. The first-order valence-corrected chi connectivity index (χ1v) is 8.31. The van der Waals surface area contributed by atoms with E-state index in [2.05, 4.69) is 10.6 Å². The number of anilines is 1. The Bertz CT molecular complexity index is 775. The second-order valence-electron chi connectivity index (χ2n) is 5.99. The van der Waals surface area contributed by atoms with Crippen LogP contribution in [-0.4, -0.2) is 25.5 Å². The Morgan fingerprint density at radius 1 is 1.08 bits per heavy atom. The van der Waals surface area contributed by atoms with Crippen LogP contribution in [0.5, 0.6) is 5.75 Å². The third-order valence-electron chi connectivity index (χ3n) is 3.47. The van der Waals surface area contributed by atoms with Gasteiger partial charge in [-0.1, -0.05) is 31.5 Å². The fraction of sp³-hybridized carbons (Fsp3) is 0.263. The van der Waals surface area contributed by atoms with Crippen LogP contribution in [0.4, 0.5) is 5.69 Å². The molecule has 2 rings (SSSR count). The predicted octanol–water partition coefficient (Wildman–Crippen LogP) is 3.99. The van der Waals surface area contributed by atoms with Gasteiger partial charge in [0.05, 0.1) is 12.1 Å². The summed E-state index contributed by atoms with van der Waals surface area (Å²) in [6.07, 6.45) is 0. The number of halogens is 1. The molecule has 0 aromatic heterocycles. The van der Waals surface area contributed by atoms with Crippen LogP contribution in [0.15, 0.2) is 42.5 Å². The van der Waals surface area contributed by atoms with E-state index in [9.17, 15) is 9.59 Å². The summed E-state index contributed by atoms with van der Waals surface area (Å²) in [4.78, 5) is 24.5. The maximum absolute atomic E-state index is 12.4. The first-order chi connectivity index (χ1) is 11.9. The lowest BCUT2D eigenvalue weighted by molar-refractivity contribution is 0.0947. The molecule has 0 saturated carbocycles. The molecule has 0 unspecified atom stereocenters. The number of methoxy groups -OCH3 is 1. The molecule has 0 aliphatic carbocycles. The van der Waals surface area contributed by atoms with Gasteiger partial charge in [-0.15, -0.1) is 0 Å². The van der Waals surface area contributed by atoms with Crippen LogP contribution < -0.4 is 15.4 Å². The van der Waals surface area contributed by atoms with Crippen LogP contribution in [0.3, 0.4) is 0 Å². The number of amides is 2. The van der Waals surface area contributed by atoms with Crippen LogP contribution >= 0.6 is 11.6 Å². The van der Waals surface area contributed by atoms with Crippen molar-refractivity contribution in [3.8, 4) is 5.75 Å². The Hall–Kier alpha value is -2.53. The summed E-state index contributed by atoms with van der Waals surface area (Å²) in [7, 11) is 1.51. The molecule has 0 bridgehead atoms. The number of nitrogens with one attached hydrogen (secondary N) is 2.